The SMILES string of the molecule is Cc1nc(C(C)NC(=O)c2cc(C)n(C3CCCCC3)c2C)sc1C(=O)O. The average Bonchev–Trinajstić information content (AvgIpc) is 3.15. The maximum atomic E-state index is 12.9. The van der Waals surface area contributed by atoms with Crippen molar-refractivity contribution in [2.75, 3.05) is 0 Å². The number of carboxylic acids is 1. The van der Waals surface area contributed by atoms with Crippen molar-refractivity contribution in [3.8, 4) is 0 Å². The van der Waals surface area contributed by atoms with Crippen LogP contribution in [0.2, 0.25) is 0 Å². The molecular formula is C20H27N3O3S. The van der Waals surface area contributed by atoms with Gasteiger partial charge in [0.25, 0.3) is 5.91 Å². The summed E-state index contributed by atoms with van der Waals surface area (Å²) < 4.78 is 2.31. The van der Waals surface area contributed by atoms with Crippen LogP contribution in [-0.4, -0.2) is 26.5 Å². The number of nitrogens with one attached hydrogen (secondary N) is 1. The molecule has 6 nitrogen and oxygen atoms in total. The molecule has 0 spiro atoms. The van der Waals surface area contributed by atoms with Crippen molar-refractivity contribution in [3.63, 3.8) is 0 Å². The van der Waals surface area contributed by atoms with Crippen molar-refractivity contribution < 1.29 is 14.7 Å². The number of carbonyl (C=O) groups excluding carboxylic acids is 1. The van der Waals surface area contributed by atoms with Crippen molar-refractivity contribution in [3.05, 3.63) is 38.6 Å². The van der Waals surface area contributed by atoms with Gasteiger partial charge in [-0.1, -0.05) is 19.3 Å². The van der Waals surface area contributed by atoms with Crippen LogP contribution in [0, 0.1) is 20.8 Å². The van der Waals surface area contributed by atoms with Gasteiger partial charge in [0.05, 0.1) is 17.3 Å². The summed E-state index contributed by atoms with van der Waals surface area (Å²) in [5.74, 6) is -1.12. The highest BCUT2D eigenvalue weighted by Crippen LogP contribution is 2.32. The first-order valence-electron chi connectivity index (χ1n) is 9.49. The van der Waals surface area contributed by atoms with E-state index >= 15 is 0 Å². The number of carboxylic acid groups (broad SMARTS) is 1. The number of hydrogen-bond donors (Lipinski definition) is 2. The topological polar surface area (TPSA) is 84.2 Å². The lowest BCUT2D eigenvalue weighted by Crippen LogP contribution is -2.27. The lowest BCUT2D eigenvalue weighted by molar-refractivity contribution is 0.0700. The summed E-state index contributed by atoms with van der Waals surface area (Å²) >= 11 is 1.12. The quantitative estimate of drug-likeness (QED) is 0.785. The fourth-order valence-electron chi connectivity index (χ4n) is 4.05. The van der Waals surface area contributed by atoms with E-state index in [9.17, 15) is 14.7 Å². The van der Waals surface area contributed by atoms with Crippen LogP contribution in [0.5, 0.6) is 0 Å². The molecule has 2 N–H and O–H groups in total. The summed E-state index contributed by atoms with van der Waals surface area (Å²) in [6, 6.07) is 2.10. The maximum Gasteiger partial charge on any atom is 0.347 e. The van der Waals surface area contributed by atoms with Crippen molar-refractivity contribution in [1.82, 2.24) is 14.9 Å². The van der Waals surface area contributed by atoms with E-state index in [-0.39, 0.29) is 16.8 Å². The predicted molar refractivity (Wildman–Crippen MR) is 106 cm³/mol. The molecule has 1 aliphatic rings. The highest BCUT2D eigenvalue weighted by Gasteiger charge is 2.24. The molecular weight excluding hydrogens is 362 g/mol. The fourth-order valence-corrected chi connectivity index (χ4v) is 4.95. The number of nitrogens with zero attached hydrogens (tertiary/aromatic N) is 2. The predicted octanol–water partition coefficient (Wildman–Crippen LogP) is 4.56. The molecule has 2 heterocycles. The second-order valence-corrected chi connectivity index (χ2v) is 8.44. The molecule has 1 unspecified atom stereocenters. The molecule has 27 heavy (non-hydrogen) atoms. The Labute approximate surface area is 163 Å². The summed E-state index contributed by atoms with van der Waals surface area (Å²) in [4.78, 5) is 28.6. The van der Waals surface area contributed by atoms with Gasteiger partial charge in [-0.2, -0.15) is 0 Å². The normalized spacial score (nSPS) is 16.3. The van der Waals surface area contributed by atoms with E-state index in [1.165, 1.54) is 32.1 Å². The molecule has 1 aliphatic carbocycles. The van der Waals surface area contributed by atoms with Gasteiger partial charge in [-0.05, 0) is 46.6 Å². The zero-order valence-corrected chi connectivity index (χ0v) is 17.2. The minimum Gasteiger partial charge on any atom is -0.477 e. The monoisotopic (exact) mass is 389 g/mol. The molecule has 0 aliphatic heterocycles. The first-order valence-corrected chi connectivity index (χ1v) is 10.3. The fraction of sp³-hybridized carbons (Fsp3) is 0.550. The second-order valence-electron chi connectivity index (χ2n) is 7.41. The molecule has 1 saturated carbocycles. The van der Waals surface area contributed by atoms with Crippen LogP contribution in [0.3, 0.4) is 0 Å². The molecule has 7 heteroatoms. The Bertz CT molecular complexity index is 862. The standard InChI is InChI=1S/C20H27N3O3S/c1-11-10-16(14(4)23(11)15-8-6-5-7-9-15)18(24)21-13(3)19-22-12(2)17(27-19)20(25)26/h10,13,15H,5-9H2,1-4H3,(H,21,24)(H,25,26). The summed E-state index contributed by atoms with van der Waals surface area (Å²) in [6.07, 6.45) is 6.13. The molecule has 1 atom stereocenters. The molecule has 0 bridgehead atoms. The Morgan fingerprint density at radius 1 is 1.26 bits per heavy atom. The number of amides is 1. The number of aryl methyl sites for hydroxylation is 2. The number of thiazole rings is 1. The van der Waals surface area contributed by atoms with Crippen LogP contribution < -0.4 is 5.32 Å². The summed E-state index contributed by atoms with van der Waals surface area (Å²) in [6.45, 7) is 7.58. The van der Waals surface area contributed by atoms with Crippen LogP contribution in [-0.2, 0) is 0 Å². The van der Waals surface area contributed by atoms with Crippen molar-refractivity contribution in [2.24, 2.45) is 0 Å². The van der Waals surface area contributed by atoms with Gasteiger partial charge in [-0.3, -0.25) is 4.79 Å². The molecule has 0 saturated heterocycles. The van der Waals surface area contributed by atoms with Crippen molar-refractivity contribution >= 4 is 23.2 Å². The average molecular weight is 390 g/mol. The van der Waals surface area contributed by atoms with Crippen LogP contribution in [0.25, 0.3) is 0 Å². The van der Waals surface area contributed by atoms with E-state index in [0.717, 1.165) is 22.7 Å². The third kappa shape index (κ3) is 3.93. The molecule has 2 aromatic heterocycles. The zero-order chi connectivity index (χ0) is 19.7. The minimum atomic E-state index is -0.981. The Balaban J connectivity index is 1.78. The Kier molecular flexibility index (Phi) is 5.69. The molecule has 0 aromatic carbocycles. The molecule has 1 amide bonds. The summed E-state index contributed by atoms with van der Waals surface area (Å²) in [5.41, 5.74) is 3.30. The van der Waals surface area contributed by atoms with Crippen molar-refractivity contribution in [2.45, 2.75) is 71.9 Å². The highest BCUT2D eigenvalue weighted by molar-refractivity contribution is 7.13. The molecule has 3 rings (SSSR count). The van der Waals surface area contributed by atoms with Crippen LogP contribution in [0.15, 0.2) is 6.07 Å². The maximum absolute atomic E-state index is 12.9. The highest BCUT2D eigenvalue weighted by atomic mass is 32.1. The second kappa shape index (κ2) is 7.84. The third-order valence-electron chi connectivity index (χ3n) is 5.39. The molecule has 0 radical (unpaired) electrons. The van der Waals surface area contributed by atoms with E-state index in [2.05, 4.69) is 21.8 Å². The number of aromatic nitrogens is 2. The van der Waals surface area contributed by atoms with E-state index < -0.39 is 5.97 Å². The van der Waals surface area contributed by atoms with Crippen LogP contribution in [0.4, 0.5) is 0 Å². The smallest absolute Gasteiger partial charge is 0.347 e. The zero-order valence-electron chi connectivity index (χ0n) is 16.3. The van der Waals surface area contributed by atoms with Gasteiger partial charge < -0.3 is 15.0 Å². The molecule has 1 fully saturated rings. The Morgan fingerprint density at radius 3 is 2.52 bits per heavy atom. The van der Waals surface area contributed by atoms with E-state index in [0.29, 0.717) is 22.3 Å². The Hall–Kier alpha value is -2.15. The van der Waals surface area contributed by atoms with Crippen LogP contribution in [0.1, 0.15) is 93.2 Å². The Morgan fingerprint density at radius 2 is 1.93 bits per heavy atom. The summed E-state index contributed by atoms with van der Waals surface area (Å²) in [7, 11) is 0. The van der Waals surface area contributed by atoms with Gasteiger partial charge in [0.2, 0.25) is 0 Å². The van der Waals surface area contributed by atoms with Gasteiger partial charge >= 0.3 is 5.97 Å². The van der Waals surface area contributed by atoms with E-state index in [1.807, 2.05) is 19.9 Å². The lowest BCUT2D eigenvalue weighted by atomic mass is 9.95. The lowest BCUT2D eigenvalue weighted by Gasteiger charge is -2.26. The van der Waals surface area contributed by atoms with E-state index in [1.54, 1.807) is 6.92 Å². The van der Waals surface area contributed by atoms with Gasteiger partial charge in [0.15, 0.2) is 0 Å². The summed E-state index contributed by atoms with van der Waals surface area (Å²) in [5, 5.41) is 12.8. The number of rotatable bonds is 5. The first-order chi connectivity index (χ1) is 12.8. The molecule has 146 valence electrons. The molecule has 2 aromatic rings. The largest absolute Gasteiger partial charge is 0.477 e. The van der Waals surface area contributed by atoms with Gasteiger partial charge in [0, 0.05) is 17.4 Å². The number of hydrogen-bond acceptors (Lipinski definition) is 4. The van der Waals surface area contributed by atoms with Gasteiger partial charge in [0.1, 0.15) is 9.88 Å². The van der Waals surface area contributed by atoms with Gasteiger partial charge in [-0.15, -0.1) is 11.3 Å². The van der Waals surface area contributed by atoms with E-state index in [4.69, 9.17) is 0 Å². The number of carbonyl (C=O) groups is 2. The third-order valence-corrected chi connectivity index (χ3v) is 6.72. The first kappa shape index (κ1) is 19.6. The van der Waals surface area contributed by atoms with Crippen molar-refractivity contribution in [1.29, 1.82) is 0 Å². The van der Waals surface area contributed by atoms with Gasteiger partial charge in [-0.25, -0.2) is 9.78 Å². The minimum absolute atomic E-state index is 0.137. The van der Waals surface area contributed by atoms with Crippen LogP contribution >= 0.6 is 11.3 Å². The number of aromatic carboxylic acids is 1.